The van der Waals surface area contributed by atoms with Gasteiger partial charge in [0, 0.05) is 0 Å². The van der Waals surface area contributed by atoms with Crippen LogP contribution >= 0.6 is 0 Å². The van der Waals surface area contributed by atoms with Crippen LogP contribution in [-0.2, 0) is 0 Å². The maximum absolute atomic E-state index is 2.30. The molecule has 0 spiro atoms. The molecule has 0 heterocycles. The smallest absolute Gasteiger partial charge is 0.00248 e. The van der Waals surface area contributed by atoms with E-state index in [1.54, 1.807) is 0 Å². The predicted molar refractivity (Wildman–Crippen MR) is 120 cm³/mol. The van der Waals surface area contributed by atoms with Gasteiger partial charge in [0.15, 0.2) is 0 Å². The minimum absolute atomic E-state index is 1.26. The van der Waals surface area contributed by atoms with E-state index < -0.39 is 0 Å². The predicted octanol–water partition coefficient (Wildman–Crippen LogP) is 7.13. The molecule has 0 aromatic carbocycles. The Morgan fingerprint density at radius 3 is 0.577 bits per heavy atom. The van der Waals surface area contributed by atoms with Gasteiger partial charge in [0.05, 0.1) is 0 Å². The van der Waals surface area contributed by atoms with Crippen molar-refractivity contribution in [3.05, 3.63) is 0 Å². The Morgan fingerprint density at radius 2 is 0.423 bits per heavy atom. The summed E-state index contributed by atoms with van der Waals surface area (Å²) in [7, 11) is 8.70. The summed E-state index contributed by atoms with van der Waals surface area (Å²) in [5.41, 5.74) is 0. The summed E-state index contributed by atoms with van der Waals surface area (Å²) in [6.45, 7) is 2.52. The molecule has 2 nitrogen and oxygen atoms in total. The van der Waals surface area contributed by atoms with E-state index in [-0.39, 0.29) is 0 Å². The van der Waals surface area contributed by atoms with Gasteiger partial charge in [-0.3, -0.25) is 0 Å². The minimum atomic E-state index is 1.26. The van der Waals surface area contributed by atoms with Crippen molar-refractivity contribution < 1.29 is 0 Å². The fourth-order valence-electron chi connectivity index (χ4n) is 3.68. The van der Waals surface area contributed by atoms with Crippen molar-refractivity contribution in [1.82, 2.24) is 9.80 Å². The Hall–Kier alpha value is -0.0800. The molecular formula is C24H52N2. The third-order valence-electron chi connectivity index (χ3n) is 5.46. The van der Waals surface area contributed by atoms with Gasteiger partial charge in [-0.15, -0.1) is 0 Å². The van der Waals surface area contributed by atoms with Crippen molar-refractivity contribution in [2.45, 2.75) is 116 Å². The standard InChI is InChI=1S/C24H52N2/c1-25(2)23-21-19-17-15-13-11-9-7-5-6-8-10-12-14-16-18-20-22-24-26(3)4/h5-24H2,1-4H3. The zero-order valence-electron chi connectivity index (χ0n) is 19.0. The monoisotopic (exact) mass is 368 g/mol. The average molecular weight is 369 g/mol. The van der Waals surface area contributed by atoms with Crippen molar-refractivity contribution in [2.24, 2.45) is 0 Å². The first-order valence-electron chi connectivity index (χ1n) is 11.9. The van der Waals surface area contributed by atoms with Gasteiger partial charge in [-0.25, -0.2) is 0 Å². The summed E-state index contributed by atoms with van der Waals surface area (Å²) in [5, 5.41) is 0. The third-order valence-corrected chi connectivity index (χ3v) is 5.46. The first-order chi connectivity index (χ1) is 12.6. The van der Waals surface area contributed by atoms with E-state index >= 15 is 0 Å². The molecular weight excluding hydrogens is 316 g/mol. The van der Waals surface area contributed by atoms with Crippen LogP contribution in [0, 0.1) is 0 Å². The van der Waals surface area contributed by atoms with E-state index in [1.165, 1.54) is 129 Å². The van der Waals surface area contributed by atoms with Gasteiger partial charge in [-0.05, 0) is 54.1 Å². The second-order valence-electron chi connectivity index (χ2n) is 8.97. The van der Waals surface area contributed by atoms with Crippen LogP contribution in [-0.4, -0.2) is 51.1 Å². The normalized spacial score (nSPS) is 11.8. The van der Waals surface area contributed by atoms with Crippen LogP contribution in [0.25, 0.3) is 0 Å². The Bertz CT molecular complexity index is 225. The topological polar surface area (TPSA) is 6.48 Å². The van der Waals surface area contributed by atoms with Crippen molar-refractivity contribution >= 4 is 0 Å². The molecule has 0 N–H and O–H groups in total. The summed E-state index contributed by atoms with van der Waals surface area (Å²) in [6.07, 6.45) is 26.2. The highest BCUT2D eigenvalue weighted by Gasteiger charge is 1.96. The van der Waals surface area contributed by atoms with Crippen molar-refractivity contribution in [3.8, 4) is 0 Å². The summed E-state index contributed by atoms with van der Waals surface area (Å²) in [4.78, 5) is 4.60. The second-order valence-corrected chi connectivity index (χ2v) is 8.97. The van der Waals surface area contributed by atoms with Crippen LogP contribution in [0.3, 0.4) is 0 Å². The molecule has 0 saturated carbocycles. The lowest BCUT2D eigenvalue weighted by Crippen LogP contribution is -2.12. The Morgan fingerprint density at radius 1 is 0.269 bits per heavy atom. The highest BCUT2D eigenvalue weighted by atomic mass is 15.0. The van der Waals surface area contributed by atoms with Crippen LogP contribution in [0.1, 0.15) is 116 Å². The van der Waals surface area contributed by atoms with E-state index in [0.717, 1.165) is 0 Å². The number of nitrogens with zero attached hydrogens (tertiary/aromatic N) is 2. The molecule has 0 rings (SSSR count). The lowest BCUT2D eigenvalue weighted by atomic mass is 10.0. The maximum atomic E-state index is 2.30. The molecule has 0 aliphatic rings. The van der Waals surface area contributed by atoms with E-state index in [9.17, 15) is 0 Å². The first kappa shape index (κ1) is 25.9. The zero-order valence-corrected chi connectivity index (χ0v) is 19.0. The quantitative estimate of drug-likeness (QED) is 0.199. The first-order valence-corrected chi connectivity index (χ1v) is 11.9. The molecule has 0 amide bonds. The molecule has 0 saturated heterocycles. The highest BCUT2D eigenvalue weighted by Crippen LogP contribution is 2.14. The molecule has 0 aliphatic heterocycles. The molecule has 2 heteroatoms. The maximum Gasteiger partial charge on any atom is -0.00248 e. The minimum Gasteiger partial charge on any atom is -0.309 e. The van der Waals surface area contributed by atoms with Gasteiger partial charge >= 0.3 is 0 Å². The van der Waals surface area contributed by atoms with Crippen molar-refractivity contribution in [3.63, 3.8) is 0 Å². The fraction of sp³-hybridized carbons (Fsp3) is 1.00. The molecule has 0 aromatic heterocycles. The number of unbranched alkanes of at least 4 members (excludes halogenated alkanes) is 17. The van der Waals surface area contributed by atoms with Gasteiger partial charge in [0.1, 0.15) is 0 Å². The Kier molecular flexibility index (Phi) is 21.2. The van der Waals surface area contributed by atoms with Gasteiger partial charge in [-0.1, -0.05) is 103 Å². The fourth-order valence-corrected chi connectivity index (χ4v) is 3.68. The molecule has 26 heavy (non-hydrogen) atoms. The second kappa shape index (κ2) is 21.2. The van der Waals surface area contributed by atoms with Crippen LogP contribution in [0.15, 0.2) is 0 Å². The van der Waals surface area contributed by atoms with E-state index in [2.05, 4.69) is 38.0 Å². The van der Waals surface area contributed by atoms with Crippen molar-refractivity contribution in [1.29, 1.82) is 0 Å². The molecule has 0 radical (unpaired) electrons. The zero-order chi connectivity index (χ0) is 19.3. The lowest BCUT2D eigenvalue weighted by Gasteiger charge is -2.08. The average Bonchev–Trinajstić information content (AvgIpc) is 2.59. The van der Waals surface area contributed by atoms with Crippen LogP contribution in [0.4, 0.5) is 0 Å². The summed E-state index contributed by atoms with van der Waals surface area (Å²) in [5.74, 6) is 0. The summed E-state index contributed by atoms with van der Waals surface area (Å²) in [6, 6.07) is 0. The van der Waals surface area contributed by atoms with E-state index in [4.69, 9.17) is 0 Å². The molecule has 0 fully saturated rings. The molecule has 158 valence electrons. The van der Waals surface area contributed by atoms with Crippen LogP contribution < -0.4 is 0 Å². The lowest BCUT2D eigenvalue weighted by molar-refractivity contribution is 0.389. The van der Waals surface area contributed by atoms with Gasteiger partial charge in [-0.2, -0.15) is 0 Å². The molecule has 0 atom stereocenters. The SMILES string of the molecule is CN(C)CCCCCCCCCCCCCCCCCCCCN(C)C. The van der Waals surface area contributed by atoms with Crippen LogP contribution in [0.5, 0.6) is 0 Å². The highest BCUT2D eigenvalue weighted by molar-refractivity contribution is 4.52. The summed E-state index contributed by atoms with van der Waals surface area (Å²) >= 11 is 0. The van der Waals surface area contributed by atoms with Gasteiger partial charge < -0.3 is 9.80 Å². The summed E-state index contributed by atoms with van der Waals surface area (Å²) < 4.78 is 0. The molecule has 0 bridgehead atoms. The molecule has 0 aliphatic carbocycles. The van der Waals surface area contributed by atoms with Gasteiger partial charge in [0.25, 0.3) is 0 Å². The Balaban J connectivity index is 2.99. The van der Waals surface area contributed by atoms with Gasteiger partial charge in [0.2, 0.25) is 0 Å². The van der Waals surface area contributed by atoms with Crippen molar-refractivity contribution in [2.75, 3.05) is 41.3 Å². The Labute approximate surface area is 167 Å². The number of hydrogen-bond donors (Lipinski definition) is 0. The largest absolute Gasteiger partial charge is 0.309 e. The van der Waals surface area contributed by atoms with E-state index in [0.29, 0.717) is 0 Å². The van der Waals surface area contributed by atoms with E-state index in [1.807, 2.05) is 0 Å². The molecule has 0 unspecified atom stereocenters. The number of hydrogen-bond acceptors (Lipinski definition) is 2. The third kappa shape index (κ3) is 23.9. The number of rotatable bonds is 21. The van der Waals surface area contributed by atoms with Crippen LogP contribution in [0.2, 0.25) is 0 Å². The molecule has 0 aromatic rings.